The van der Waals surface area contributed by atoms with Crippen molar-refractivity contribution in [1.82, 2.24) is 0 Å². The van der Waals surface area contributed by atoms with Crippen LogP contribution < -0.4 is 0 Å². The minimum atomic E-state index is -5.00. The summed E-state index contributed by atoms with van der Waals surface area (Å²) in [6.45, 7) is 4.40. The number of aliphatic hydroxyl groups excluding tert-OH is 1. The van der Waals surface area contributed by atoms with E-state index in [1.807, 2.05) is 0 Å². The lowest BCUT2D eigenvalue weighted by Crippen LogP contribution is -2.30. The SMILES string of the molecule is CC/C=C\C/C=C\C/C=C\C/C=C\C/C=C\CCCCCC(=O)OCC(COP(=O)(O)OCC(O)COP(=O)(O)OCC(COC(=O)CCCCCCCCC/C=C\C/C=C\C/C=C\CC)OC(=O)CCCCCCC/C=C\C/C=C\CCC)OC(=O)CCCCCCCC/C=C\C/C=C\C/C=C\C/C=C\CC. The predicted molar refractivity (Wildman–Crippen MR) is 445 cm³/mol. The van der Waals surface area contributed by atoms with Gasteiger partial charge in [-0.05, 0) is 167 Å². The Hall–Kier alpha value is -5.58. The van der Waals surface area contributed by atoms with Crippen LogP contribution in [-0.4, -0.2) is 96.7 Å². The van der Waals surface area contributed by atoms with Crippen molar-refractivity contribution in [2.75, 3.05) is 39.6 Å². The summed E-state index contributed by atoms with van der Waals surface area (Å²) in [5.41, 5.74) is 0. The van der Waals surface area contributed by atoms with Gasteiger partial charge in [0, 0.05) is 25.7 Å². The highest BCUT2D eigenvalue weighted by Gasteiger charge is 2.30. The van der Waals surface area contributed by atoms with Crippen molar-refractivity contribution in [2.45, 2.75) is 329 Å². The van der Waals surface area contributed by atoms with Gasteiger partial charge < -0.3 is 33.8 Å². The predicted octanol–water partition coefficient (Wildman–Crippen LogP) is 24.6. The second-order valence-corrected chi connectivity index (χ2v) is 29.8. The van der Waals surface area contributed by atoms with Crippen LogP contribution in [0.1, 0.15) is 310 Å². The highest BCUT2D eigenvalue weighted by atomic mass is 31.2. The van der Waals surface area contributed by atoms with Crippen LogP contribution in [0.15, 0.2) is 170 Å². The minimum absolute atomic E-state index is 0.0646. The van der Waals surface area contributed by atoms with E-state index >= 15 is 0 Å². The van der Waals surface area contributed by atoms with Gasteiger partial charge in [-0.25, -0.2) is 9.13 Å². The molecule has 0 heterocycles. The van der Waals surface area contributed by atoms with E-state index in [1.165, 1.54) is 0 Å². The normalized spacial score (nSPS) is 14.7. The van der Waals surface area contributed by atoms with Crippen molar-refractivity contribution < 1.29 is 80.2 Å². The van der Waals surface area contributed by atoms with Gasteiger partial charge in [0.05, 0.1) is 26.4 Å². The molecule has 0 aliphatic rings. The minimum Gasteiger partial charge on any atom is -0.462 e. The van der Waals surface area contributed by atoms with Crippen molar-refractivity contribution in [3.8, 4) is 0 Å². The van der Waals surface area contributed by atoms with Gasteiger partial charge in [-0.1, -0.05) is 288 Å². The summed E-state index contributed by atoms with van der Waals surface area (Å²) < 4.78 is 68.7. The highest BCUT2D eigenvalue weighted by Crippen LogP contribution is 2.45. The molecular formula is C89H146O17P2. The number of phosphoric acid groups is 2. The Morgan fingerprint density at radius 2 is 0.481 bits per heavy atom. The monoisotopic (exact) mass is 1550 g/mol. The number of hydrogen-bond donors (Lipinski definition) is 3. The van der Waals surface area contributed by atoms with E-state index in [4.69, 9.17) is 37.0 Å². The van der Waals surface area contributed by atoms with E-state index in [1.54, 1.807) is 0 Å². The van der Waals surface area contributed by atoms with Crippen LogP contribution in [0.3, 0.4) is 0 Å². The lowest BCUT2D eigenvalue weighted by Gasteiger charge is -2.21. The van der Waals surface area contributed by atoms with Gasteiger partial charge in [0.15, 0.2) is 12.2 Å². The fourth-order valence-corrected chi connectivity index (χ4v) is 12.0. The molecule has 0 saturated heterocycles. The number of rotatable bonds is 76. The number of unbranched alkanes of at least 4 members (excludes halogenated alkanes) is 22. The fourth-order valence-electron chi connectivity index (χ4n) is 10.5. The van der Waals surface area contributed by atoms with E-state index in [2.05, 4.69) is 198 Å². The molecule has 0 aromatic rings. The maximum Gasteiger partial charge on any atom is 0.472 e. The molecule has 0 amide bonds. The summed E-state index contributed by atoms with van der Waals surface area (Å²) in [6, 6.07) is 0. The molecule has 0 aliphatic heterocycles. The van der Waals surface area contributed by atoms with Crippen LogP contribution in [0.25, 0.3) is 0 Å². The first-order chi connectivity index (χ1) is 52.7. The lowest BCUT2D eigenvalue weighted by atomic mass is 10.1. The van der Waals surface area contributed by atoms with Crippen molar-refractivity contribution >= 4 is 39.5 Å². The zero-order chi connectivity index (χ0) is 78.9. The molecule has 0 rings (SSSR count). The Bertz CT molecular complexity index is 2710. The molecule has 108 heavy (non-hydrogen) atoms. The zero-order valence-electron chi connectivity index (χ0n) is 67.2. The molecule has 19 heteroatoms. The average Bonchev–Trinajstić information content (AvgIpc) is 0.892. The number of aliphatic hydroxyl groups is 1. The molecule has 0 radical (unpaired) electrons. The molecule has 0 aromatic carbocycles. The first-order valence-corrected chi connectivity index (χ1v) is 44.4. The van der Waals surface area contributed by atoms with Gasteiger partial charge >= 0.3 is 39.5 Å². The van der Waals surface area contributed by atoms with Gasteiger partial charge in [0.25, 0.3) is 0 Å². The Balaban J connectivity index is 5.44. The third-order valence-corrected chi connectivity index (χ3v) is 18.5. The van der Waals surface area contributed by atoms with E-state index in [9.17, 15) is 43.2 Å². The van der Waals surface area contributed by atoms with E-state index < -0.39 is 97.5 Å². The molecule has 614 valence electrons. The van der Waals surface area contributed by atoms with Crippen LogP contribution >= 0.6 is 15.6 Å². The van der Waals surface area contributed by atoms with Gasteiger partial charge in [-0.2, -0.15) is 0 Å². The maximum atomic E-state index is 13.1. The largest absolute Gasteiger partial charge is 0.472 e. The van der Waals surface area contributed by atoms with Gasteiger partial charge in [-0.3, -0.25) is 37.3 Å². The number of carbonyl (C=O) groups is 4. The Morgan fingerprint density at radius 3 is 0.750 bits per heavy atom. The molecule has 0 aromatic heterocycles. The third kappa shape index (κ3) is 78.5. The van der Waals surface area contributed by atoms with Crippen LogP contribution in [0.4, 0.5) is 0 Å². The summed E-state index contributed by atoms with van der Waals surface area (Å²) in [5, 5.41) is 10.7. The number of esters is 4. The Kier molecular flexibility index (Phi) is 75.4. The van der Waals surface area contributed by atoms with Gasteiger partial charge in [0.1, 0.15) is 19.3 Å². The number of phosphoric ester groups is 2. The lowest BCUT2D eigenvalue weighted by molar-refractivity contribution is -0.161. The summed E-state index contributed by atoms with van der Waals surface area (Å²) >= 11 is 0. The summed E-state index contributed by atoms with van der Waals surface area (Å²) in [4.78, 5) is 73.2. The van der Waals surface area contributed by atoms with Crippen molar-refractivity contribution in [3.05, 3.63) is 170 Å². The number of carbonyl (C=O) groups excluding carboxylic acids is 4. The number of hydrogen-bond acceptors (Lipinski definition) is 15. The molecule has 0 saturated carbocycles. The molecule has 5 atom stereocenters. The van der Waals surface area contributed by atoms with Crippen LogP contribution in [0, 0.1) is 0 Å². The molecule has 0 bridgehead atoms. The van der Waals surface area contributed by atoms with Crippen molar-refractivity contribution in [1.29, 1.82) is 0 Å². The van der Waals surface area contributed by atoms with Crippen LogP contribution in [0.5, 0.6) is 0 Å². The standard InChI is InChI=1S/C89H146O17P2/c1-5-9-13-17-21-25-29-33-36-39-41-44-47-51-54-58-62-66-70-74-87(92)100-80-85(106-89(94)76-72-68-64-60-56-52-48-45-42-40-37-34-30-26-22-18-14-10-6-2)82-104-108(97,98)102-78-83(90)77-101-107(95,96)103-81-84(105-88(93)75-71-67-63-59-55-49-32-28-24-20-16-12-8-4)79-99-86(91)73-69-65-61-57-53-50-46-43-38-35-31-27-23-19-15-11-7-3/h9-11,13-16,20-23,25-28,32-38,41-42,44-45,51,54,83-85,90H,5-8,12,17-19,24,29-31,39-40,43,46-50,52-53,55-82H2,1-4H3,(H,95,96)(H,97,98)/b13-9-,14-10-,15-11-,20-16-,25-21-,26-22-,27-23-,32-28-,36-33-,37-34-,38-35-,44-41-,45-42-,54-51-. The maximum absolute atomic E-state index is 13.1. The molecule has 0 aliphatic carbocycles. The summed E-state index contributed by atoms with van der Waals surface area (Å²) in [7, 11) is -10.00. The molecule has 3 N–H and O–H groups in total. The summed E-state index contributed by atoms with van der Waals surface area (Å²) in [5.74, 6) is -2.26. The van der Waals surface area contributed by atoms with E-state index in [-0.39, 0.29) is 25.7 Å². The van der Waals surface area contributed by atoms with Crippen LogP contribution in [0.2, 0.25) is 0 Å². The van der Waals surface area contributed by atoms with E-state index in [0.717, 1.165) is 231 Å². The molecule has 0 fully saturated rings. The highest BCUT2D eigenvalue weighted by molar-refractivity contribution is 7.47. The molecule has 5 unspecified atom stereocenters. The Labute approximate surface area is 654 Å². The third-order valence-electron chi connectivity index (χ3n) is 16.6. The van der Waals surface area contributed by atoms with Crippen molar-refractivity contribution in [2.24, 2.45) is 0 Å². The second kappa shape index (κ2) is 79.5. The van der Waals surface area contributed by atoms with Gasteiger partial charge in [0.2, 0.25) is 0 Å². The zero-order valence-corrected chi connectivity index (χ0v) is 69.0. The quantitative estimate of drug-likeness (QED) is 0.0169. The van der Waals surface area contributed by atoms with Gasteiger partial charge in [-0.15, -0.1) is 0 Å². The van der Waals surface area contributed by atoms with Crippen molar-refractivity contribution in [3.63, 3.8) is 0 Å². The first kappa shape index (κ1) is 102. The first-order valence-electron chi connectivity index (χ1n) is 41.4. The average molecular weight is 1550 g/mol. The Morgan fingerprint density at radius 1 is 0.269 bits per heavy atom. The topological polar surface area (TPSA) is 237 Å². The van der Waals surface area contributed by atoms with E-state index in [0.29, 0.717) is 25.7 Å². The smallest absolute Gasteiger partial charge is 0.462 e. The van der Waals surface area contributed by atoms with Crippen LogP contribution in [-0.2, 0) is 65.4 Å². The molecular weight excluding hydrogens is 1400 g/mol. The second-order valence-electron chi connectivity index (χ2n) is 26.9. The number of allylic oxidation sites excluding steroid dienone is 28. The molecule has 0 spiro atoms. The fraction of sp³-hybridized carbons (Fsp3) is 0.640. The number of ether oxygens (including phenoxy) is 4. The summed E-state index contributed by atoms with van der Waals surface area (Å²) in [6.07, 6.45) is 94.6. The molecule has 17 nitrogen and oxygen atoms in total.